The van der Waals surface area contributed by atoms with Crippen LogP contribution in [-0.2, 0) is 0 Å². The van der Waals surface area contributed by atoms with Gasteiger partial charge in [0, 0.05) is 18.1 Å². The molecule has 0 spiro atoms. The summed E-state index contributed by atoms with van der Waals surface area (Å²) in [6, 6.07) is 0.315. The maximum Gasteiger partial charge on any atom is 0.0695 e. The molecule has 0 amide bonds. The molecule has 0 aromatic heterocycles. The number of aliphatic hydroxyl groups excluding tert-OH is 1. The normalized spacial score (nSPS) is 29.6. The molecule has 2 atom stereocenters. The van der Waals surface area contributed by atoms with Crippen molar-refractivity contribution in [1.29, 1.82) is 0 Å². The van der Waals surface area contributed by atoms with Gasteiger partial charge in [-0.15, -0.1) is 0 Å². The van der Waals surface area contributed by atoms with E-state index in [1.54, 1.807) is 5.54 Å². The van der Waals surface area contributed by atoms with E-state index in [1.165, 1.54) is 6.42 Å². The number of halogens is 1. The molecule has 2 unspecified atom stereocenters. The lowest BCUT2D eigenvalue weighted by Gasteiger charge is -2.35. The lowest BCUT2D eigenvalue weighted by molar-refractivity contribution is 0.0363. The van der Waals surface area contributed by atoms with Crippen LogP contribution >= 0.6 is 11.6 Å². The molecule has 0 radical (unpaired) electrons. The molecule has 14 heavy (non-hydrogen) atoms. The predicted molar refractivity (Wildman–Crippen MR) is 60.5 cm³/mol. The largest absolute Gasteiger partial charge is 0.391 e. The maximum atomic E-state index is 9.83. The van der Waals surface area contributed by atoms with Gasteiger partial charge in [-0.05, 0) is 32.4 Å². The molecule has 0 aliphatic heterocycles. The molecular weight excluding hydrogens is 198 g/mol. The van der Waals surface area contributed by atoms with Crippen LogP contribution in [0.5, 0.6) is 0 Å². The Morgan fingerprint density at radius 1 is 1.50 bits per heavy atom. The zero-order chi connectivity index (χ0) is 10.6. The first-order valence-electron chi connectivity index (χ1n) is 5.29. The highest BCUT2D eigenvalue weighted by Gasteiger charge is 2.26. The Balaban J connectivity index is 2.45. The summed E-state index contributed by atoms with van der Waals surface area (Å²) < 4.78 is 0. The average Bonchev–Trinajstić information content (AvgIpc) is 2.18. The van der Waals surface area contributed by atoms with Crippen LogP contribution in [-0.4, -0.2) is 35.7 Å². The van der Waals surface area contributed by atoms with E-state index >= 15 is 0 Å². The summed E-state index contributed by atoms with van der Waals surface area (Å²) in [5, 5.41) is 9.83. The number of aliphatic hydroxyl groups is 1. The Morgan fingerprint density at radius 2 is 2.14 bits per heavy atom. The van der Waals surface area contributed by atoms with E-state index in [-0.39, 0.29) is 6.10 Å². The van der Waals surface area contributed by atoms with Crippen molar-refractivity contribution in [3.8, 4) is 0 Å². The molecule has 1 rings (SSSR count). The zero-order valence-electron chi connectivity index (χ0n) is 9.04. The van der Waals surface area contributed by atoms with Gasteiger partial charge < -0.3 is 5.11 Å². The minimum absolute atomic E-state index is 0.156. The molecule has 0 aromatic carbocycles. The fraction of sp³-hybridized carbons (Fsp3) is 0.818. The molecule has 0 saturated heterocycles. The van der Waals surface area contributed by atoms with Gasteiger partial charge in [0.05, 0.1) is 6.10 Å². The second-order valence-corrected chi connectivity index (χ2v) is 4.51. The Bertz CT molecular complexity index is 205. The lowest BCUT2D eigenvalue weighted by Crippen LogP contribution is -2.43. The number of hydrogen-bond acceptors (Lipinski definition) is 2. The van der Waals surface area contributed by atoms with Gasteiger partial charge in [-0.3, -0.25) is 4.90 Å². The minimum atomic E-state index is -0.156. The third-order valence-corrected chi connectivity index (χ3v) is 3.32. The second kappa shape index (κ2) is 5.74. The Morgan fingerprint density at radius 3 is 2.71 bits per heavy atom. The van der Waals surface area contributed by atoms with Crippen LogP contribution in [0.2, 0.25) is 0 Å². The Kier molecular flexibility index (Phi) is 4.93. The summed E-state index contributed by atoms with van der Waals surface area (Å²) >= 11 is 5.62. The lowest BCUT2D eigenvalue weighted by atomic mass is 9.91. The highest BCUT2D eigenvalue weighted by Crippen LogP contribution is 2.22. The molecule has 0 aromatic rings. The third-order valence-electron chi connectivity index (χ3n) is 2.95. The van der Waals surface area contributed by atoms with Gasteiger partial charge in [0.25, 0.3) is 0 Å². The quantitative estimate of drug-likeness (QED) is 0.785. The zero-order valence-corrected chi connectivity index (χ0v) is 9.80. The molecule has 3 heteroatoms. The SMILES string of the molecule is CC(=CCl)CN(C)C1CCCCC1O. The summed E-state index contributed by atoms with van der Waals surface area (Å²) in [5.74, 6) is 0. The van der Waals surface area contributed by atoms with Crippen LogP contribution in [0.3, 0.4) is 0 Å². The average molecular weight is 218 g/mol. The van der Waals surface area contributed by atoms with Gasteiger partial charge in [0.1, 0.15) is 0 Å². The van der Waals surface area contributed by atoms with Crippen LogP contribution in [0.4, 0.5) is 0 Å². The summed E-state index contributed by atoms with van der Waals surface area (Å²) in [7, 11) is 2.06. The van der Waals surface area contributed by atoms with Gasteiger partial charge in [-0.25, -0.2) is 0 Å². The summed E-state index contributed by atoms with van der Waals surface area (Å²) in [5.41, 5.74) is 2.76. The topological polar surface area (TPSA) is 23.5 Å². The fourth-order valence-corrected chi connectivity index (χ4v) is 2.22. The van der Waals surface area contributed by atoms with E-state index in [0.29, 0.717) is 6.04 Å². The van der Waals surface area contributed by atoms with E-state index in [4.69, 9.17) is 11.6 Å². The molecule has 1 aliphatic rings. The van der Waals surface area contributed by atoms with Crippen molar-refractivity contribution in [1.82, 2.24) is 4.90 Å². The molecule has 1 N–H and O–H groups in total. The highest BCUT2D eigenvalue weighted by atomic mass is 35.5. The smallest absolute Gasteiger partial charge is 0.0695 e. The van der Waals surface area contributed by atoms with Crippen LogP contribution in [0.15, 0.2) is 11.1 Å². The van der Waals surface area contributed by atoms with Gasteiger partial charge in [-0.2, -0.15) is 0 Å². The van der Waals surface area contributed by atoms with Crippen molar-refractivity contribution >= 4 is 11.6 Å². The number of hydrogen-bond donors (Lipinski definition) is 1. The van der Waals surface area contributed by atoms with Gasteiger partial charge in [0.2, 0.25) is 0 Å². The van der Waals surface area contributed by atoms with Gasteiger partial charge in [-0.1, -0.05) is 24.4 Å². The van der Waals surface area contributed by atoms with Crippen LogP contribution in [0, 0.1) is 0 Å². The molecule has 1 saturated carbocycles. The van der Waals surface area contributed by atoms with Crippen molar-refractivity contribution in [2.75, 3.05) is 13.6 Å². The van der Waals surface area contributed by atoms with E-state index in [1.807, 2.05) is 6.92 Å². The summed E-state index contributed by atoms with van der Waals surface area (Å²) in [6.07, 6.45) is 4.29. The maximum absolute atomic E-state index is 9.83. The minimum Gasteiger partial charge on any atom is -0.391 e. The highest BCUT2D eigenvalue weighted by molar-refractivity contribution is 6.25. The number of rotatable bonds is 3. The predicted octanol–water partition coefficient (Wildman–Crippen LogP) is 2.36. The van der Waals surface area contributed by atoms with E-state index < -0.39 is 0 Å². The molecule has 82 valence electrons. The van der Waals surface area contributed by atoms with E-state index in [0.717, 1.165) is 31.4 Å². The molecule has 1 fully saturated rings. The van der Waals surface area contributed by atoms with E-state index in [2.05, 4.69) is 11.9 Å². The van der Waals surface area contributed by atoms with Crippen LogP contribution < -0.4 is 0 Å². The summed E-state index contributed by atoms with van der Waals surface area (Å²) in [6.45, 7) is 2.87. The van der Waals surface area contributed by atoms with Crippen molar-refractivity contribution in [3.63, 3.8) is 0 Å². The molecule has 2 nitrogen and oxygen atoms in total. The third kappa shape index (κ3) is 3.26. The van der Waals surface area contributed by atoms with Crippen LogP contribution in [0.25, 0.3) is 0 Å². The van der Waals surface area contributed by atoms with Crippen molar-refractivity contribution in [3.05, 3.63) is 11.1 Å². The van der Waals surface area contributed by atoms with Crippen LogP contribution in [0.1, 0.15) is 32.6 Å². The van der Waals surface area contributed by atoms with Gasteiger partial charge in [0.15, 0.2) is 0 Å². The standard InChI is InChI=1S/C11H20ClNO/c1-9(7-12)8-13(2)10-5-3-4-6-11(10)14/h7,10-11,14H,3-6,8H2,1-2H3. The van der Waals surface area contributed by atoms with Crippen molar-refractivity contribution < 1.29 is 5.11 Å². The van der Waals surface area contributed by atoms with Gasteiger partial charge >= 0.3 is 0 Å². The first-order valence-corrected chi connectivity index (χ1v) is 5.73. The molecule has 0 bridgehead atoms. The number of likely N-dealkylation sites (N-methyl/N-ethyl adjacent to an activating group) is 1. The first kappa shape index (κ1) is 12.0. The fourth-order valence-electron chi connectivity index (χ4n) is 2.15. The summed E-state index contributed by atoms with van der Waals surface area (Å²) in [4.78, 5) is 2.21. The van der Waals surface area contributed by atoms with Crippen molar-refractivity contribution in [2.24, 2.45) is 0 Å². The number of nitrogens with zero attached hydrogens (tertiary/aromatic N) is 1. The van der Waals surface area contributed by atoms with E-state index in [9.17, 15) is 5.11 Å². The van der Waals surface area contributed by atoms with Crippen molar-refractivity contribution in [2.45, 2.75) is 44.8 Å². The first-order chi connectivity index (χ1) is 6.65. The Labute approximate surface area is 91.6 Å². The molecular formula is C11H20ClNO. The molecule has 1 aliphatic carbocycles. The second-order valence-electron chi connectivity index (χ2n) is 4.29. The monoisotopic (exact) mass is 217 g/mol. The molecule has 0 heterocycles. The Hall–Kier alpha value is -0.0500.